The number of carbonyl (C=O) groups is 1. The zero-order valence-electron chi connectivity index (χ0n) is 26.5. The van der Waals surface area contributed by atoms with Crippen molar-refractivity contribution in [3.05, 3.63) is 102 Å². The van der Waals surface area contributed by atoms with Gasteiger partial charge in [-0.1, -0.05) is 75.8 Å². The Morgan fingerprint density at radius 1 is 0.841 bits per heavy atom. The number of carboxylic acid groups (broad SMARTS) is 1. The maximum absolute atomic E-state index is 11.8. The summed E-state index contributed by atoms with van der Waals surface area (Å²) in [5.41, 5.74) is 5.14. The predicted molar refractivity (Wildman–Crippen MR) is 171 cm³/mol. The summed E-state index contributed by atoms with van der Waals surface area (Å²) in [4.78, 5) is 11.8. The van der Waals surface area contributed by atoms with E-state index < -0.39 is 12.1 Å². The second kappa shape index (κ2) is 16.9. The number of benzene rings is 3. The summed E-state index contributed by atoms with van der Waals surface area (Å²) in [7, 11) is 0. The second-order valence-electron chi connectivity index (χ2n) is 12.0. The van der Waals surface area contributed by atoms with Gasteiger partial charge in [0, 0.05) is 17.8 Å². The normalized spacial score (nSPS) is 17.0. The molecule has 0 bridgehead atoms. The Morgan fingerprint density at radius 3 is 2.16 bits per heavy atom. The van der Waals surface area contributed by atoms with E-state index in [9.17, 15) is 9.90 Å². The molecule has 4 aromatic rings. The summed E-state index contributed by atoms with van der Waals surface area (Å²) in [6.45, 7) is 5.17. The van der Waals surface area contributed by atoms with Crippen molar-refractivity contribution in [1.82, 2.24) is 4.57 Å². The van der Waals surface area contributed by atoms with E-state index in [0.717, 1.165) is 46.5 Å². The molecule has 1 fully saturated rings. The van der Waals surface area contributed by atoms with Gasteiger partial charge in [-0.15, -0.1) is 0 Å². The van der Waals surface area contributed by atoms with Crippen LogP contribution in [0.5, 0.6) is 11.5 Å². The van der Waals surface area contributed by atoms with Gasteiger partial charge in [-0.3, -0.25) is 0 Å². The fraction of sp³-hybridized carbons (Fsp3) is 0.395. The van der Waals surface area contributed by atoms with Crippen molar-refractivity contribution in [2.24, 2.45) is 11.8 Å². The minimum Gasteiger partial charge on any atom is -0.546 e. The topological polar surface area (TPSA) is 63.5 Å². The van der Waals surface area contributed by atoms with Crippen LogP contribution >= 0.6 is 0 Å². The fourth-order valence-electron chi connectivity index (χ4n) is 6.25. The van der Waals surface area contributed by atoms with Crippen molar-refractivity contribution >= 4 is 5.97 Å². The van der Waals surface area contributed by atoms with Gasteiger partial charge in [0.25, 0.3) is 0 Å². The smallest absolute Gasteiger partial charge is 0.546 e. The molecule has 3 aromatic carbocycles. The molecule has 0 saturated heterocycles. The Bertz CT molecular complexity index is 1420. The molecule has 0 unspecified atom stereocenters. The average Bonchev–Trinajstić information content (AvgIpc) is 3.42. The number of hydrogen-bond acceptors (Lipinski definition) is 4. The number of ether oxygens (including phenoxy) is 2. The van der Waals surface area contributed by atoms with Gasteiger partial charge in [0.15, 0.2) is 0 Å². The molecule has 1 atom stereocenters. The first-order valence-corrected chi connectivity index (χ1v) is 15.9. The van der Waals surface area contributed by atoms with Gasteiger partial charge in [-0.05, 0) is 103 Å². The van der Waals surface area contributed by atoms with Gasteiger partial charge >= 0.3 is 29.6 Å². The first-order chi connectivity index (χ1) is 21.0. The average molecular weight is 602 g/mol. The molecule has 0 spiro atoms. The van der Waals surface area contributed by atoms with E-state index >= 15 is 0 Å². The zero-order valence-corrected chi connectivity index (χ0v) is 28.5. The molecule has 44 heavy (non-hydrogen) atoms. The minimum atomic E-state index is -1.23. The molecular formula is C38H44NNaO4. The number of unbranched alkanes of at least 4 members (excludes halogenated alkanes) is 2. The van der Waals surface area contributed by atoms with E-state index in [0.29, 0.717) is 11.7 Å². The Balaban J connectivity index is 0.00000442. The number of aromatic nitrogens is 1. The van der Waals surface area contributed by atoms with E-state index in [-0.39, 0.29) is 36.0 Å². The fourth-order valence-corrected chi connectivity index (χ4v) is 6.25. The van der Waals surface area contributed by atoms with Crippen LogP contribution in [0.2, 0.25) is 0 Å². The van der Waals surface area contributed by atoms with E-state index in [2.05, 4.69) is 54.8 Å². The van der Waals surface area contributed by atoms with Gasteiger partial charge in [0.1, 0.15) is 17.6 Å². The molecule has 1 saturated carbocycles. The van der Waals surface area contributed by atoms with Crippen LogP contribution in [-0.2, 0) is 11.2 Å². The maximum Gasteiger partial charge on any atom is 1.00 e. The molecular weight excluding hydrogens is 557 g/mol. The summed E-state index contributed by atoms with van der Waals surface area (Å²) in [5.74, 6) is 1.76. The summed E-state index contributed by atoms with van der Waals surface area (Å²) < 4.78 is 14.3. The molecule has 0 amide bonds. The molecule has 1 aliphatic rings. The third kappa shape index (κ3) is 9.26. The van der Waals surface area contributed by atoms with E-state index in [1.54, 1.807) is 0 Å². The Hall–Kier alpha value is -2.99. The molecule has 5 rings (SSSR count). The number of aryl methyl sites for hydroxylation is 1. The van der Waals surface area contributed by atoms with Crippen molar-refractivity contribution in [1.29, 1.82) is 0 Å². The van der Waals surface area contributed by atoms with Gasteiger partial charge in [0.2, 0.25) is 0 Å². The predicted octanol–water partition coefficient (Wildman–Crippen LogP) is 4.96. The number of rotatable bonds is 14. The molecule has 1 aliphatic carbocycles. The van der Waals surface area contributed by atoms with E-state index in [1.165, 1.54) is 51.4 Å². The van der Waals surface area contributed by atoms with Crippen LogP contribution in [0.25, 0.3) is 16.9 Å². The van der Waals surface area contributed by atoms with Crippen LogP contribution in [-0.4, -0.2) is 23.2 Å². The van der Waals surface area contributed by atoms with Crippen molar-refractivity contribution in [2.45, 2.75) is 77.7 Å². The first-order valence-electron chi connectivity index (χ1n) is 15.9. The van der Waals surface area contributed by atoms with Crippen LogP contribution in [0, 0.1) is 18.8 Å². The third-order valence-corrected chi connectivity index (χ3v) is 8.79. The van der Waals surface area contributed by atoms with Crippen LogP contribution in [0.3, 0.4) is 0 Å². The van der Waals surface area contributed by atoms with Crippen LogP contribution in [0.1, 0.15) is 69.5 Å². The molecule has 1 heterocycles. The molecule has 0 aliphatic heterocycles. The quantitative estimate of drug-likeness (QED) is 0.151. The Morgan fingerprint density at radius 2 is 1.50 bits per heavy atom. The molecule has 0 radical (unpaired) electrons. The van der Waals surface area contributed by atoms with Crippen molar-refractivity contribution in [2.75, 3.05) is 6.61 Å². The zero-order chi connectivity index (χ0) is 30.0. The standard InChI is InChI=1S/C38H45NO4.Na/c1-3-4-6-9-29-13-15-31(16-14-29)27-42-34-23-19-33(20-24-34)39-28(2)12-25-36(39)32-17-21-35(22-18-32)43-37(38(40)41)26-30-10-7-5-8-11-30;/h5,7-8,10-12,17-25,29,31,37H,3-4,6,9,13-16,26-27H2,1-2H3,(H,40,41);/q;+1/p-1/t29?,31?,37-;/m1./s1. The molecule has 6 heteroatoms. The molecule has 0 N–H and O–H groups in total. The van der Waals surface area contributed by atoms with E-state index in [4.69, 9.17) is 9.47 Å². The van der Waals surface area contributed by atoms with Crippen molar-refractivity contribution in [3.63, 3.8) is 0 Å². The minimum absolute atomic E-state index is 0. The van der Waals surface area contributed by atoms with Crippen LogP contribution < -0.4 is 44.1 Å². The SMILES string of the molecule is CCCCCC1CCC(COc2ccc(-n3c(C)ccc3-c3ccc(O[C@H](Cc4ccccc4)C(=O)[O-])cc3)cc2)CC1.[Na+]. The first kappa shape index (κ1) is 33.9. The Labute approximate surface area is 284 Å². The molecule has 1 aromatic heterocycles. The van der Waals surface area contributed by atoms with Crippen molar-refractivity contribution in [3.8, 4) is 28.4 Å². The van der Waals surface area contributed by atoms with Gasteiger partial charge in [-0.2, -0.15) is 0 Å². The second-order valence-corrected chi connectivity index (χ2v) is 12.0. The number of aliphatic carboxylic acids is 1. The molecule has 226 valence electrons. The van der Waals surface area contributed by atoms with Gasteiger partial charge in [0.05, 0.1) is 18.3 Å². The Kier molecular flexibility index (Phi) is 13.0. The maximum atomic E-state index is 11.8. The molecule has 5 nitrogen and oxygen atoms in total. The van der Waals surface area contributed by atoms with Crippen LogP contribution in [0.15, 0.2) is 91.0 Å². The van der Waals surface area contributed by atoms with Gasteiger partial charge < -0.3 is 23.9 Å². The number of nitrogens with zero attached hydrogens (tertiary/aromatic N) is 1. The van der Waals surface area contributed by atoms with Crippen molar-refractivity contribution < 1.29 is 48.9 Å². The summed E-state index contributed by atoms with van der Waals surface area (Å²) in [6, 6.07) is 29.6. The number of hydrogen-bond donors (Lipinski definition) is 0. The van der Waals surface area contributed by atoms with Gasteiger partial charge in [-0.25, -0.2) is 0 Å². The summed E-state index contributed by atoms with van der Waals surface area (Å²) >= 11 is 0. The summed E-state index contributed by atoms with van der Waals surface area (Å²) in [5, 5.41) is 11.8. The summed E-state index contributed by atoms with van der Waals surface area (Å²) in [6.07, 6.45) is 9.91. The van der Waals surface area contributed by atoms with E-state index in [1.807, 2.05) is 54.6 Å². The van der Waals surface area contributed by atoms with Crippen LogP contribution in [0.4, 0.5) is 0 Å². The number of carbonyl (C=O) groups excluding carboxylic acids is 1. The number of carboxylic acids is 1. The third-order valence-electron chi connectivity index (χ3n) is 8.79. The monoisotopic (exact) mass is 601 g/mol. The largest absolute Gasteiger partial charge is 1.00 e.